The van der Waals surface area contributed by atoms with Crippen LogP contribution in [0, 0.1) is 17.8 Å². The van der Waals surface area contributed by atoms with Crippen molar-refractivity contribution in [1.29, 1.82) is 0 Å². The maximum Gasteiger partial charge on any atom is 0.107 e. The van der Waals surface area contributed by atoms with Crippen LogP contribution in [0.2, 0.25) is 0 Å². The lowest BCUT2D eigenvalue weighted by Crippen LogP contribution is -2.26. The Morgan fingerprint density at radius 1 is 1.40 bits per heavy atom. The average Bonchev–Trinajstić information content (AvgIpc) is 2.23. The molecule has 1 atom stereocenters. The zero-order valence-electron chi connectivity index (χ0n) is 10.7. The maximum absolute atomic E-state index is 5.36. The summed E-state index contributed by atoms with van der Waals surface area (Å²) in [6, 6.07) is 0. The fourth-order valence-corrected chi connectivity index (χ4v) is 1.38. The van der Waals surface area contributed by atoms with Gasteiger partial charge in [0.2, 0.25) is 0 Å². The van der Waals surface area contributed by atoms with Gasteiger partial charge >= 0.3 is 0 Å². The van der Waals surface area contributed by atoms with Gasteiger partial charge in [-0.1, -0.05) is 26.2 Å². The number of ether oxygens (including phenoxy) is 1. The number of hydrogen-bond acceptors (Lipinski definition) is 2. The van der Waals surface area contributed by atoms with E-state index in [2.05, 4.69) is 37.6 Å². The summed E-state index contributed by atoms with van der Waals surface area (Å²) in [6.07, 6.45) is 2.35. The molecule has 0 bridgehead atoms. The van der Waals surface area contributed by atoms with Gasteiger partial charge in [0.15, 0.2) is 0 Å². The van der Waals surface area contributed by atoms with Crippen molar-refractivity contribution in [2.75, 3.05) is 33.4 Å². The van der Waals surface area contributed by atoms with Crippen molar-refractivity contribution in [3.63, 3.8) is 0 Å². The van der Waals surface area contributed by atoms with Crippen LogP contribution in [0.25, 0.3) is 0 Å². The molecule has 0 saturated carbocycles. The summed E-state index contributed by atoms with van der Waals surface area (Å²) in [6.45, 7) is 10.1. The molecule has 0 aliphatic rings. The summed E-state index contributed by atoms with van der Waals surface area (Å²) in [5.41, 5.74) is 0. The number of nitrogens with zero attached hydrogens (tertiary/aromatic N) is 1. The first-order valence-corrected chi connectivity index (χ1v) is 5.86. The smallest absolute Gasteiger partial charge is 0.107 e. The minimum atomic E-state index is 0.575. The van der Waals surface area contributed by atoms with Crippen LogP contribution in [-0.2, 0) is 4.74 Å². The molecule has 0 saturated heterocycles. The Balaban J connectivity index is 3.29. The van der Waals surface area contributed by atoms with Gasteiger partial charge < -0.3 is 9.64 Å². The molecule has 0 radical (unpaired) electrons. The Morgan fingerprint density at radius 2 is 2.13 bits per heavy atom. The highest BCUT2D eigenvalue weighted by Gasteiger charge is 2.03. The average molecular weight is 211 g/mol. The van der Waals surface area contributed by atoms with E-state index in [0.29, 0.717) is 6.61 Å². The summed E-state index contributed by atoms with van der Waals surface area (Å²) < 4.78 is 5.36. The second kappa shape index (κ2) is 10.0. The minimum Gasteiger partial charge on any atom is -0.369 e. The van der Waals surface area contributed by atoms with Gasteiger partial charge in [-0.25, -0.2) is 0 Å². The molecule has 0 aromatic rings. The van der Waals surface area contributed by atoms with Crippen molar-refractivity contribution in [1.82, 2.24) is 4.90 Å². The third kappa shape index (κ3) is 9.78. The van der Waals surface area contributed by atoms with Crippen LogP contribution in [0.15, 0.2) is 0 Å². The van der Waals surface area contributed by atoms with E-state index in [1.54, 1.807) is 0 Å². The van der Waals surface area contributed by atoms with E-state index in [1.807, 2.05) is 6.92 Å². The van der Waals surface area contributed by atoms with Crippen LogP contribution in [0.1, 0.15) is 33.6 Å². The fraction of sp³-hybridized carbons (Fsp3) is 0.846. The van der Waals surface area contributed by atoms with Crippen LogP contribution in [0.5, 0.6) is 0 Å². The molecule has 0 heterocycles. The summed E-state index contributed by atoms with van der Waals surface area (Å²) in [4.78, 5) is 2.38. The molecule has 0 aromatic carbocycles. The molecule has 0 fully saturated rings. The molecule has 0 spiro atoms. The van der Waals surface area contributed by atoms with E-state index >= 15 is 0 Å². The Labute approximate surface area is 95.0 Å². The molecule has 0 aliphatic heterocycles. The highest BCUT2D eigenvalue weighted by Crippen LogP contribution is 2.02. The Hall–Kier alpha value is -0.520. The van der Waals surface area contributed by atoms with E-state index in [0.717, 1.165) is 25.5 Å². The van der Waals surface area contributed by atoms with E-state index < -0.39 is 0 Å². The Morgan fingerprint density at radius 3 is 2.73 bits per heavy atom. The standard InChI is InChI=1S/C13H25NO/c1-5-7-10-15-11-8-9-14(4)12-13(3)6-2/h13H,6,8-12H2,1-4H3. The molecule has 15 heavy (non-hydrogen) atoms. The largest absolute Gasteiger partial charge is 0.369 e. The zero-order chi connectivity index (χ0) is 11.5. The predicted octanol–water partition coefficient (Wildman–Crippen LogP) is 2.39. The summed E-state index contributed by atoms with van der Waals surface area (Å²) in [7, 11) is 2.18. The molecule has 2 heteroatoms. The summed E-state index contributed by atoms with van der Waals surface area (Å²) in [5.74, 6) is 6.50. The van der Waals surface area contributed by atoms with Crippen molar-refractivity contribution in [3.8, 4) is 11.8 Å². The zero-order valence-corrected chi connectivity index (χ0v) is 10.7. The van der Waals surface area contributed by atoms with Gasteiger partial charge in [0.1, 0.15) is 6.61 Å². The molecule has 2 nitrogen and oxygen atoms in total. The molecule has 0 aliphatic carbocycles. The monoisotopic (exact) mass is 211 g/mol. The number of rotatable bonds is 8. The van der Waals surface area contributed by atoms with Crippen LogP contribution in [0.3, 0.4) is 0 Å². The quantitative estimate of drug-likeness (QED) is 0.451. The fourth-order valence-electron chi connectivity index (χ4n) is 1.38. The highest BCUT2D eigenvalue weighted by atomic mass is 16.5. The normalized spacial score (nSPS) is 12.3. The van der Waals surface area contributed by atoms with Crippen molar-refractivity contribution in [3.05, 3.63) is 0 Å². The van der Waals surface area contributed by atoms with Crippen molar-refractivity contribution >= 4 is 0 Å². The molecular weight excluding hydrogens is 186 g/mol. The van der Waals surface area contributed by atoms with Gasteiger partial charge in [-0.2, -0.15) is 0 Å². The lowest BCUT2D eigenvalue weighted by Gasteiger charge is -2.20. The lowest BCUT2D eigenvalue weighted by molar-refractivity contribution is 0.150. The lowest BCUT2D eigenvalue weighted by atomic mass is 10.1. The molecule has 0 amide bonds. The SMILES string of the molecule is CC#CCOCCCN(C)CC(C)CC. The van der Waals surface area contributed by atoms with Gasteiger partial charge in [-0.3, -0.25) is 0 Å². The van der Waals surface area contributed by atoms with E-state index in [9.17, 15) is 0 Å². The van der Waals surface area contributed by atoms with E-state index in [-0.39, 0.29) is 0 Å². The third-order valence-electron chi connectivity index (χ3n) is 2.50. The molecular formula is C13H25NO. The van der Waals surface area contributed by atoms with Crippen molar-refractivity contribution in [2.24, 2.45) is 5.92 Å². The molecule has 1 unspecified atom stereocenters. The van der Waals surface area contributed by atoms with Crippen LogP contribution < -0.4 is 0 Å². The Bertz CT molecular complexity index is 192. The second-order valence-corrected chi connectivity index (χ2v) is 4.11. The first-order chi connectivity index (χ1) is 7.20. The second-order valence-electron chi connectivity index (χ2n) is 4.11. The molecule has 0 N–H and O–H groups in total. The van der Waals surface area contributed by atoms with E-state index in [4.69, 9.17) is 4.74 Å². The first kappa shape index (κ1) is 14.5. The van der Waals surface area contributed by atoms with Gasteiger partial charge in [0.05, 0.1) is 0 Å². The highest BCUT2D eigenvalue weighted by molar-refractivity contribution is 4.94. The van der Waals surface area contributed by atoms with Crippen LogP contribution in [-0.4, -0.2) is 38.3 Å². The van der Waals surface area contributed by atoms with Gasteiger partial charge in [0.25, 0.3) is 0 Å². The topological polar surface area (TPSA) is 12.5 Å². The van der Waals surface area contributed by atoms with Gasteiger partial charge in [-0.05, 0) is 26.3 Å². The maximum atomic E-state index is 5.36. The summed E-state index contributed by atoms with van der Waals surface area (Å²) >= 11 is 0. The third-order valence-corrected chi connectivity index (χ3v) is 2.50. The minimum absolute atomic E-state index is 0.575. The van der Waals surface area contributed by atoms with Crippen LogP contribution >= 0.6 is 0 Å². The molecule has 0 rings (SSSR count). The van der Waals surface area contributed by atoms with Crippen molar-refractivity contribution < 1.29 is 4.74 Å². The summed E-state index contributed by atoms with van der Waals surface area (Å²) in [5, 5.41) is 0. The predicted molar refractivity (Wildman–Crippen MR) is 65.8 cm³/mol. The Kier molecular flexibility index (Phi) is 9.67. The number of hydrogen-bond donors (Lipinski definition) is 0. The van der Waals surface area contributed by atoms with Gasteiger partial charge in [-0.15, -0.1) is 5.92 Å². The van der Waals surface area contributed by atoms with Gasteiger partial charge in [0, 0.05) is 19.7 Å². The van der Waals surface area contributed by atoms with Crippen LogP contribution in [0.4, 0.5) is 0 Å². The van der Waals surface area contributed by atoms with E-state index in [1.165, 1.54) is 13.0 Å². The van der Waals surface area contributed by atoms with Crippen molar-refractivity contribution in [2.45, 2.75) is 33.6 Å². The molecule has 88 valence electrons. The first-order valence-electron chi connectivity index (χ1n) is 5.86. The molecule has 0 aromatic heterocycles.